The second-order valence-corrected chi connectivity index (χ2v) is 4.52. The van der Waals surface area contributed by atoms with Crippen molar-refractivity contribution in [3.05, 3.63) is 23.8 Å². The number of anilines is 1. The highest BCUT2D eigenvalue weighted by Crippen LogP contribution is 2.23. The quantitative estimate of drug-likeness (QED) is 0.641. The summed E-state index contributed by atoms with van der Waals surface area (Å²) in [4.78, 5) is 33.8. The van der Waals surface area contributed by atoms with Crippen molar-refractivity contribution in [3.63, 3.8) is 0 Å². The number of amides is 3. The van der Waals surface area contributed by atoms with Crippen LogP contribution >= 0.6 is 0 Å². The molecule has 3 amide bonds. The lowest BCUT2D eigenvalue weighted by Gasteiger charge is -2.13. The van der Waals surface area contributed by atoms with Gasteiger partial charge in [0.05, 0.1) is 13.2 Å². The zero-order valence-corrected chi connectivity index (χ0v) is 11.3. The SMILES string of the molecule is COc1cc(NC(=O)NC2CNC(=O)C2)ccc1C(=O)O. The first-order chi connectivity index (χ1) is 9.99. The second kappa shape index (κ2) is 6.12. The third-order valence-corrected chi connectivity index (χ3v) is 3.00. The fourth-order valence-electron chi connectivity index (χ4n) is 2.01. The Bertz CT molecular complexity index is 587. The number of hydrogen-bond donors (Lipinski definition) is 4. The fraction of sp³-hybridized carbons (Fsp3) is 0.308. The van der Waals surface area contributed by atoms with Gasteiger partial charge in [-0.3, -0.25) is 4.79 Å². The van der Waals surface area contributed by atoms with E-state index in [1.165, 1.54) is 25.3 Å². The van der Waals surface area contributed by atoms with Crippen LogP contribution in [-0.2, 0) is 4.79 Å². The largest absolute Gasteiger partial charge is 0.496 e. The minimum absolute atomic E-state index is 0.00838. The third kappa shape index (κ3) is 3.62. The Labute approximate surface area is 120 Å². The molecule has 0 aliphatic carbocycles. The summed E-state index contributed by atoms with van der Waals surface area (Å²) in [5.41, 5.74) is 0.403. The van der Waals surface area contributed by atoms with E-state index in [4.69, 9.17) is 9.84 Å². The van der Waals surface area contributed by atoms with Crippen molar-refractivity contribution >= 4 is 23.6 Å². The summed E-state index contributed by atoms with van der Waals surface area (Å²) in [5, 5.41) is 16.8. The van der Waals surface area contributed by atoms with Crippen LogP contribution in [-0.4, -0.2) is 42.7 Å². The molecule has 8 heteroatoms. The van der Waals surface area contributed by atoms with Crippen LogP contribution in [0.4, 0.5) is 10.5 Å². The molecule has 0 radical (unpaired) electrons. The van der Waals surface area contributed by atoms with Gasteiger partial charge in [-0.25, -0.2) is 9.59 Å². The van der Waals surface area contributed by atoms with Crippen molar-refractivity contribution in [1.82, 2.24) is 10.6 Å². The highest BCUT2D eigenvalue weighted by molar-refractivity contribution is 5.94. The Hall–Kier alpha value is -2.77. The molecule has 4 N–H and O–H groups in total. The van der Waals surface area contributed by atoms with E-state index in [1.54, 1.807) is 0 Å². The van der Waals surface area contributed by atoms with Crippen molar-refractivity contribution in [2.24, 2.45) is 0 Å². The summed E-state index contributed by atoms with van der Waals surface area (Å²) >= 11 is 0. The molecule has 1 unspecified atom stereocenters. The molecular weight excluding hydrogens is 278 g/mol. The third-order valence-electron chi connectivity index (χ3n) is 3.00. The first-order valence-corrected chi connectivity index (χ1v) is 6.25. The molecule has 0 saturated carbocycles. The van der Waals surface area contributed by atoms with Gasteiger partial charge in [-0.2, -0.15) is 0 Å². The van der Waals surface area contributed by atoms with Gasteiger partial charge in [0.2, 0.25) is 5.91 Å². The predicted octanol–water partition coefficient (Wildman–Crippen LogP) is 0.403. The van der Waals surface area contributed by atoms with E-state index in [2.05, 4.69) is 16.0 Å². The zero-order valence-electron chi connectivity index (χ0n) is 11.3. The number of nitrogens with one attached hydrogen (secondary N) is 3. The average molecular weight is 293 g/mol. The molecule has 1 heterocycles. The lowest BCUT2D eigenvalue weighted by atomic mass is 10.2. The van der Waals surface area contributed by atoms with Gasteiger partial charge in [0.1, 0.15) is 11.3 Å². The van der Waals surface area contributed by atoms with E-state index in [9.17, 15) is 14.4 Å². The molecule has 2 rings (SSSR count). The molecule has 1 atom stereocenters. The normalized spacial score (nSPS) is 17.0. The number of rotatable bonds is 4. The number of aromatic carboxylic acids is 1. The molecule has 1 aromatic rings. The Morgan fingerprint density at radius 3 is 2.76 bits per heavy atom. The number of carbonyl (C=O) groups is 3. The molecule has 0 aromatic heterocycles. The van der Waals surface area contributed by atoms with E-state index in [0.717, 1.165) is 0 Å². The summed E-state index contributed by atoms with van der Waals surface area (Å²) in [5.74, 6) is -1.07. The standard InChI is InChI=1S/C13H15N3O5/c1-21-10-4-7(2-3-9(10)12(18)19)15-13(20)16-8-5-11(17)14-6-8/h2-4,8H,5-6H2,1H3,(H,14,17)(H,18,19)(H2,15,16,20). The van der Waals surface area contributed by atoms with Crippen LogP contribution < -0.4 is 20.7 Å². The van der Waals surface area contributed by atoms with Crippen LogP contribution in [0.15, 0.2) is 18.2 Å². The van der Waals surface area contributed by atoms with Crippen molar-refractivity contribution in [2.45, 2.75) is 12.5 Å². The molecule has 1 fully saturated rings. The molecule has 1 aromatic carbocycles. The topological polar surface area (TPSA) is 117 Å². The van der Waals surface area contributed by atoms with Gasteiger partial charge >= 0.3 is 12.0 Å². The van der Waals surface area contributed by atoms with Crippen LogP contribution in [0.1, 0.15) is 16.8 Å². The number of ether oxygens (including phenoxy) is 1. The number of carboxylic acid groups (broad SMARTS) is 1. The number of urea groups is 1. The minimum atomic E-state index is -1.11. The van der Waals surface area contributed by atoms with E-state index >= 15 is 0 Å². The first kappa shape index (κ1) is 14.6. The molecule has 21 heavy (non-hydrogen) atoms. The maximum Gasteiger partial charge on any atom is 0.339 e. The molecule has 8 nitrogen and oxygen atoms in total. The fourth-order valence-corrected chi connectivity index (χ4v) is 2.01. The van der Waals surface area contributed by atoms with Gasteiger partial charge in [0.25, 0.3) is 0 Å². The Balaban J connectivity index is 2.00. The van der Waals surface area contributed by atoms with Gasteiger partial charge in [-0.05, 0) is 12.1 Å². The number of methoxy groups -OCH3 is 1. The van der Waals surface area contributed by atoms with Crippen LogP contribution in [0, 0.1) is 0 Å². The summed E-state index contributed by atoms with van der Waals surface area (Å²) in [7, 11) is 1.35. The molecule has 1 aliphatic heterocycles. The predicted molar refractivity (Wildman–Crippen MR) is 73.5 cm³/mol. The van der Waals surface area contributed by atoms with Crippen molar-refractivity contribution in [2.75, 3.05) is 19.0 Å². The molecular formula is C13H15N3O5. The van der Waals surface area contributed by atoms with Crippen LogP contribution in [0.3, 0.4) is 0 Å². The molecule has 0 spiro atoms. The summed E-state index contributed by atoms with van der Waals surface area (Å²) < 4.78 is 4.97. The van der Waals surface area contributed by atoms with E-state index in [-0.39, 0.29) is 29.7 Å². The van der Waals surface area contributed by atoms with Crippen molar-refractivity contribution in [1.29, 1.82) is 0 Å². The average Bonchev–Trinajstić information content (AvgIpc) is 2.83. The lowest BCUT2D eigenvalue weighted by Crippen LogP contribution is -2.39. The van der Waals surface area contributed by atoms with E-state index < -0.39 is 12.0 Å². The summed E-state index contributed by atoms with van der Waals surface area (Å²) in [6, 6.07) is 3.50. The highest BCUT2D eigenvalue weighted by Gasteiger charge is 2.23. The Morgan fingerprint density at radius 1 is 1.43 bits per heavy atom. The smallest absolute Gasteiger partial charge is 0.339 e. The van der Waals surface area contributed by atoms with E-state index in [0.29, 0.717) is 12.2 Å². The maximum atomic E-state index is 11.8. The van der Waals surface area contributed by atoms with Crippen LogP contribution in [0.5, 0.6) is 5.75 Å². The second-order valence-electron chi connectivity index (χ2n) is 4.52. The Kier molecular flexibility index (Phi) is 4.27. The maximum absolute atomic E-state index is 11.8. The lowest BCUT2D eigenvalue weighted by molar-refractivity contribution is -0.119. The van der Waals surface area contributed by atoms with Crippen LogP contribution in [0.2, 0.25) is 0 Å². The van der Waals surface area contributed by atoms with Crippen molar-refractivity contribution < 1.29 is 24.2 Å². The van der Waals surface area contributed by atoms with Gasteiger partial charge in [0.15, 0.2) is 0 Å². The van der Waals surface area contributed by atoms with Gasteiger partial charge in [0, 0.05) is 24.7 Å². The molecule has 112 valence electrons. The van der Waals surface area contributed by atoms with Gasteiger partial charge < -0.3 is 25.8 Å². The first-order valence-electron chi connectivity index (χ1n) is 6.25. The number of carboxylic acids is 1. The summed E-state index contributed by atoms with van der Waals surface area (Å²) in [6.45, 7) is 0.396. The molecule has 1 saturated heterocycles. The van der Waals surface area contributed by atoms with Crippen molar-refractivity contribution in [3.8, 4) is 5.75 Å². The highest BCUT2D eigenvalue weighted by atomic mass is 16.5. The zero-order chi connectivity index (χ0) is 15.4. The van der Waals surface area contributed by atoms with Gasteiger partial charge in [-0.1, -0.05) is 0 Å². The van der Waals surface area contributed by atoms with Crippen LogP contribution in [0.25, 0.3) is 0 Å². The van der Waals surface area contributed by atoms with Gasteiger partial charge in [-0.15, -0.1) is 0 Å². The monoisotopic (exact) mass is 293 g/mol. The number of benzene rings is 1. The summed E-state index contributed by atoms with van der Waals surface area (Å²) in [6.07, 6.45) is 0.245. The number of carbonyl (C=O) groups excluding carboxylic acids is 2. The Morgan fingerprint density at radius 2 is 2.19 bits per heavy atom. The van der Waals surface area contributed by atoms with E-state index in [1.807, 2.05) is 0 Å². The molecule has 1 aliphatic rings. The molecule has 0 bridgehead atoms. The minimum Gasteiger partial charge on any atom is -0.496 e. The number of hydrogen-bond acceptors (Lipinski definition) is 4.